The molecule has 1 unspecified atom stereocenters. The van der Waals surface area contributed by atoms with Crippen molar-refractivity contribution in [3.8, 4) is 0 Å². The van der Waals surface area contributed by atoms with E-state index in [1.54, 1.807) is 0 Å². The first kappa shape index (κ1) is 13.5. The minimum atomic E-state index is 0.209. The van der Waals surface area contributed by atoms with Crippen molar-refractivity contribution in [2.24, 2.45) is 0 Å². The van der Waals surface area contributed by atoms with E-state index in [1.165, 1.54) is 0 Å². The normalized spacial score (nSPS) is 21.5. The summed E-state index contributed by atoms with van der Waals surface area (Å²) < 4.78 is 5.21. The molecule has 1 saturated heterocycles. The van der Waals surface area contributed by atoms with E-state index >= 15 is 0 Å². The van der Waals surface area contributed by atoms with Gasteiger partial charge in [0, 0.05) is 19.7 Å². The highest BCUT2D eigenvalue weighted by Crippen LogP contribution is 2.12. The van der Waals surface area contributed by atoms with Crippen LogP contribution in [0.2, 0.25) is 0 Å². The fourth-order valence-electron chi connectivity index (χ4n) is 2.07. The van der Waals surface area contributed by atoms with Gasteiger partial charge in [0.05, 0.1) is 13.0 Å². The predicted molar refractivity (Wildman–Crippen MR) is 64.4 cm³/mol. The molecule has 0 aromatic heterocycles. The van der Waals surface area contributed by atoms with Crippen molar-refractivity contribution in [3.05, 3.63) is 0 Å². The Balaban J connectivity index is 2.30. The number of ether oxygens (including phenoxy) is 1. The molecule has 1 amide bonds. The number of hydrogen-bond acceptors (Lipinski definition) is 3. The highest BCUT2D eigenvalue weighted by molar-refractivity contribution is 5.76. The van der Waals surface area contributed by atoms with Crippen molar-refractivity contribution in [2.75, 3.05) is 33.4 Å². The second kappa shape index (κ2) is 7.63. The third-order valence-corrected chi connectivity index (χ3v) is 3.15. The molecule has 1 rings (SSSR count). The summed E-state index contributed by atoms with van der Waals surface area (Å²) in [4.78, 5) is 13.8. The number of carbonyl (C=O) groups excluding carboxylic acids is 1. The fourth-order valence-corrected chi connectivity index (χ4v) is 2.07. The molecule has 16 heavy (non-hydrogen) atoms. The SMILES string of the molecule is CCOCCC(=O)N(C)C1CCCNCC1. The maximum atomic E-state index is 11.9. The van der Waals surface area contributed by atoms with Crippen LogP contribution < -0.4 is 5.32 Å². The van der Waals surface area contributed by atoms with Crippen LogP contribution in [0.3, 0.4) is 0 Å². The van der Waals surface area contributed by atoms with Crippen LogP contribution in [-0.2, 0) is 9.53 Å². The van der Waals surface area contributed by atoms with Gasteiger partial charge in [-0.2, -0.15) is 0 Å². The van der Waals surface area contributed by atoms with E-state index in [2.05, 4.69) is 5.32 Å². The average Bonchev–Trinajstić information content (AvgIpc) is 2.56. The maximum Gasteiger partial charge on any atom is 0.224 e. The minimum absolute atomic E-state index is 0.209. The zero-order chi connectivity index (χ0) is 11.8. The Labute approximate surface area is 98.3 Å². The summed E-state index contributed by atoms with van der Waals surface area (Å²) in [6.45, 7) is 5.28. The van der Waals surface area contributed by atoms with Crippen LogP contribution in [-0.4, -0.2) is 50.2 Å². The number of nitrogens with one attached hydrogen (secondary N) is 1. The van der Waals surface area contributed by atoms with Gasteiger partial charge >= 0.3 is 0 Å². The topological polar surface area (TPSA) is 41.6 Å². The van der Waals surface area contributed by atoms with Gasteiger partial charge in [-0.05, 0) is 39.3 Å². The lowest BCUT2D eigenvalue weighted by Gasteiger charge is -2.27. The molecule has 94 valence electrons. The van der Waals surface area contributed by atoms with E-state index in [4.69, 9.17) is 4.74 Å². The molecule has 1 fully saturated rings. The summed E-state index contributed by atoms with van der Waals surface area (Å²) in [6.07, 6.45) is 3.85. The lowest BCUT2D eigenvalue weighted by Crippen LogP contribution is -2.38. The molecule has 0 spiro atoms. The Kier molecular flexibility index (Phi) is 6.42. The summed E-state index contributed by atoms with van der Waals surface area (Å²) in [7, 11) is 1.92. The molecule has 1 atom stereocenters. The Morgan fingerprint density at radius 2 is 2.25 bits per heavy atom. The third-order valence-electron chi connectivity index (χ3n) is 3.15. The lowest BCUT2D eigenvalue weighted by atomic mass is 10.1. The van der Waals surface area contributed by atoms with E-state index in [0.717, 1.165) is 32.4 Å². The molecule has 0 bridgehead atoms. The molecular weight excluding hydrogens is 204 g/mol. The van der Waals surface area contributed by atoms with Crippen LogP contribution in [0.5, 0.6) is 0 Å². The Morgan fingerprint density at radius 3 is 3.00 bits per heavy atom. The first-order valence-corrected chi connectivity index (χ1v) is 6.29. The first-order chi connectivity index (χ1) is 7.75. The molecule has 4 nitrogen and oxygen atoms in total. The van der Waals surface area contributed by atoms with Crippen molar-refractivity contribution in [1.29, 1.82) is 0 Å². The summed E-state index contributed by atoms with van der Waals surface area (Å²) in [6, 6.07) is 0.407. The molecule has 0 radical (unpaired) electrons. The molecule has 0 aromatic carbocycles. The molecule has 1 N–H and O–H groups in total. The van der Waals surface area contributed by atoms with Gasteiger partial charge in [-0.15, -0.1) is 0 Å². The summed E-state index contributed by atoms with van der Waals surface area (Å²) in [5.41, 5.74) is 0. The van der Waals surface area contributed by atoms with E-state index in [-0.39, 0.29) is 5.91 Å². The molecule has 4 heteroatoms. The van der Waals surface area contributed by atoms with E-state index in [9.17, 15) is 4.79 Å². The standard InChI is InChI=1S/C12H24N2O2/c1-3-16-10-7-12(15)14(2)11-5-4-8-13-9-6-11/h11,13H,3-10H2,1-2H3. The van der Waals surface area contributed by atoms with Crippen LogP contribution >= 0.6 is 0 Å². The van der Waals surface area contributed by atoms with Gasteiger partial charge in [0.15, 0.2) is 0 Å². The highest BCUT2D eigenvalue weighted by Gasteiger charge is 2.20. The number of rotatable bonds is 5. The van der Waals surface area contributed by atoms with Gasteiger partial charge in [0.1, 0.15) is 0 Å². The third kappa shape index (κ3) is 4.49. The largest absolute Gasteiger partial charge is 0.381 e. The zero-order valence-corrected chi connectivity index (χ0v) is 10.5. The fraction of sp³-hybridized carbons (Fsp3) is 0.917. The van der Waals surface area contributed by atoms with Gasteiger partial charge in [0.25, 0.3) is 0 Å². The van der Waals surface area contributed by atoms with Gasteiger partial charge in [-0.25, -0.2) is 0 Å². The van der Waals surface area contributed by atoms with Crippen LogP contribution in [0, 0.1) is 0 Å². The van der Waals surface area contributed by atoms with E-state index < -0.39 is 0 Å². The van der Waals surface area contributed by atoms with Crippen LogP contribution in [0.1, 0.15) is 32.6 Å². The van der Waals surface area contributed by atoms with E-state index in [0.29, 0.717) is 25.7 Å². The van der Waals surface area contributed by atoms with E-state index in [1.807, 2.05) is 18.9 Å². The van der Waals surface area contributed by atoms with Crippen molar-refractivity contribution in [3.63, 3.8) is 0 Å². The summed E-state index contributed by atoms with van der Waals surface area (Å²) in [5.74, 6) is 0.209. The Hall–Kier alpha value is -0.610. The highest BCUT2D eigenvalue weighted by atomic mass is 16.5. The summed E-state index contributed by atoms with van der Waals surface area (Å²) in [5, 5.41) is 3.36. The molecule has 1 aliphatic heterocycles. The molecule has 1 aliphatic rings. The van der Waals surface area contributed by atoms with Crippen LogP contribution in [0.4, 0.5) is 0 Å². The molecule has 0 aliphatic carbocycles. The van der Waals surface area contributed by atoms with Crippen LogP contribution in [0.25, 0.3) is 0 Å². The smallest absolute Gasteiger partial charge is 0.224 e. The number of amides is 1. The van der Waals surface area contributed by atoms with Crippen molar-refractivity contribution in [2.45, 2.75) is 38.6 Å². The average molecular weight is 228 g/mol. The maximum absolute atomic E-state index is 11.9. The minimum Gasteiger partial charge on any atom is -0.381 e. The summed E-state index contributed by atoms with van der Waals surface area (Å²) >= 11 is 0. The van der Waals surface area contributed by atoms with Gasteiger partial charge in [0.2, 0.25) is 5.91 Å². The Morgan fingerprint density at radius 1 is 1.44 bits per heavy atom. The second-order valence-electron chi connectivity index (χ2n) is 4.29. The van der Waals surface area contributed by atoms with Gasteiger partial charge in [-0.1, -0.05) is 0 Å². The van der Waals surface area contributed by atoms with Gasteiger partial charge < -0.3 is 15.0 Å². The van der Waals surface area contributed by atoms with Gasteiger partial charge in [-0.3, -0.25) is 4.79 Å². The number of carbonyl (C=O) groups is 1. The van der Waals surface area contributed by atoms with Crippen LogP contribution in [0.15, 0.2) is 0 Å². The van der Waals surface area contributed by atoms with Crippen molar-refractivity contribution in [1.82, 2.24) is 10.2 Å². The second-order valence-corrected chi connectivity index (χ2v) is 4.29. The molecule has 0 aromatic rings. The van der Waals surface area contributed by atoms with Crippen molar-refractivity contribution >= 4 is 5.91 Å². The predicted octanol–water partition coefficient (Wildman–Crippen LogP) is 1.01. The Bertz CT molecular complexity index is 201. The van der Waals surface area contributed by atoms with Crippen molar-refractivity contribution < 1.29 is 9.53 Å². The quantitative estimate of drug-likeness (QED) is 0.714. The zero-order valence-electron chi connectivity index (χ0n) is 10.5. The monoisotopic (exact) mass is 228 g/mol. The first-order valence-electron chi connectivity index (χ1n) is 6.29. The number of nitrogens with zero attached hydrogens (tertiary/aromatic N) is 1. The lowest BCUT2D eigenvalue weighted by molar-refractivity contribution is -0.133. The number of hydrogen-bond donors (Lipinski definition) is 1. The molecule has 0 saturated carbocycles. The molecular formula is C12H24N2O2. The molecule has 1 heterocycles.